The lowest BCUT2D eigenvalue weighted by molar-refractivity contribution is -0.473. The van der Waals surface area contributed by atoms with Crippen LogP contribution in [0.25, 0.3) is 3.58 Å². The highest BCUT2D eigenvalue weighted by molar-refractivity contribution is 14.1. The first-order valence-corrected chi connectivity index (χ1v) is 10.2. The van der Waals surface area contributed by atoms with Gasteiger partial charge in [0.2, 0.25) is 0 Å². The van der Waals surface area contributed by atoms with Crippen LogP contribution < -0.4 is 0 Å². The van der Waals surface area contributed by atoms with Gasteiger partial charge in [0.1, 0.15) is 0 Å². The van der Waals surface area contributed by atoms with Gasteiger partial charge in [-0.05, 0) is 28.2 Å². The van der Waals surface area contributed by atoms with E-state index in [0.717, 1.165) is 24.3 Å². The second kappa shape index (κ2) is 9.90. The number of alkyl halides is 21. The monoisotopic (exact) mass is 748 g/mol. The molecule has 0 spiro atoms. The molecule has 0 atom stereocenters. The summed E-state index contributed by atoms with van der Waals surface area (Å²) in [5.41, 5.74) is -0.557. The Morgan fingerprint density at radius 3 is 1.00 bits per heavy atom. The van der Waals surface area contributed by atoms with Gasteiger partial charge in [-0.15, -0.1) is 0 Å². The molecule has 0 nitrogen and oxygen atoms in total. The molecule has 232 valence electrons. The van der Waals surface area contributed by atoms with Gasteiger partial charge >= 0.3 is 59.5 Å². The van der Waals surface area contributed by atoms with Crippen molar-refractivity contribution in [2.75, 3.05) is 0 Å². The summed E-state index contributed by atoms with van der Waals surface area (Å²) in [7, 11) is 0. The van der Waals surface area contributed by atoms with E-state index < -0.39 is 74.7 Å². The molecule has 0 aromatic heterocycles. The normalized spacial score (nSPS) is 16.4. The smallest absolute Gasteiger partial charge is 0.195 e. The lowest BCUT2D eigenvalue weighted by atomic mass is 9.86. The van der Waals surface area contributed by atoms with E-state index in [1.807, 2.05) is 0 Å². The summed E-state index contributed by atoms with van der Waals surface area (Å²) in [5, 5.41) is 0. The molecule has 0 aliphatic rings. The predicted molar refractivity (Wildman–Crippen MR) is 99.0 cm³/mol. The van der Waals surface area contributed by atoms with Crippen LogP contribution in [0.2, 0.25) is 0 Å². The van der Waals surface area contributed by atoms with Crippen LogP contribution >= 0.6 is 22.6 Å². The minimum absolute atomic E-state index is 0.557. The second-order valence-corrected chi connectivity index (χ2v) is 8.74. The summed E-state index contributed by atoms with van der Waals surface area (Å²) in [5.74, 6) is -77.1. The predicted octanol–water partition coefficient (Wildman–Crippen LogP) is 9.74. The number of hydrogen-bond donors (Lipinski definition) is 0. The molecule has 0 bridgehead atoms. The number of rotatable bonds is 10. The minimum atomic E-state index is -9.18. The average Bonchev–Trinajstić information content (AvgIpc) is 2.77. The van der Waals surface area contributed by atoms with E-state index in [4.69, 9.17) is 0 Å². The van der Waals surface area contributed by atoms with E-state index in [1.54, 1.807) is 0 Å². The Labute approximate surface area is 220 Å². The highest BCUT2D eigenvalue weighted by atomic mass is 127. The first-order valence-electron chi connectivity index (χ1n) is 9.15. The number of allylic oxidation sites excluding steroid dienone is 1. The molecule has 0 aliphatic heterocycles. The van der Waals surface area contributed by atoms with Crippen molar-refractivity contribution >= 4 is 26.2 Å². The lowest BCUT2D eigenvalue weighted by Gasteiger charge is -2.44. The molecule has 0 N–H and O–H groups in total. The third-order valence-electron chi connectivity index (χ3n) is 4.89. The van der Waals surface area contributed by atoms with Crippen molar-refractivity contribution in [1.29, 1.82) is 0 Å². The Hall–Kier alpha value is -1.78. The first kappa shape index (κ1) is 36.2. The molecule has 1 aromatic rings. The van der Waals surface area contributed by atoms with Gasteiger partial charge in [0.05, 0.1) is 0 Å². The van der Waals surface area contributed by atoms with Crippen LogP contribution in [0.5, 0.6) is 0 Å². The van der Waals surface area contributed by atoms with Crippen molar-refractivity contribution < 1.29 is 92.2 Å². The van der Waals surface area contributed by atoms with Crippen LogP contribution in [0.15, 0.2) is 36.4 Å². The van der Waals surface area contributed by atoms with E-state index in [1.165, 1.54) is 6.07 Å². The van der Waals surface area contributed by atoms with Gasteiger partial charge in [-0.3, -0.25) is 0 Å². The van der Waals surface area contributed by atoms with Crippen molar-refractivity contribution in [3.8, 4) is 0 Å². The summed E-state index contributed by atoms with van der Waals surface area (Å²) in [4.78, 5) is 0. The molecular weight excluding hydrogens is 742 g/mol. The zero-order chi connectivity index (χ0) is 32.4. The topological polar surface area (TPSA) is 0 Å². The van der Waals surface area contributed by atoms with Gasteiger partial charge < -0.3 is 0 Å². The number of halogens is 22. The highest BCUT2D eigenvalue weighted by Gasteiger charge is 2.97. The Balaban J connectivity index is 3.78. The van der Waals surface area contributed by atoms with Gasteiger partial charge in [-0.25, -0.2) is 0 Å². The van der Waals surface area contributed by atoms with Gasteiger partial charge in [0.15, 0.2) is 0 Å². The van der Waals surface area contributed by atoms with Crippen LogP contribution in [0.3, 0.4) is 0 Å². The summed E-state index contributed by atoms with van der Waals surface area (Å²) >= 11 is 0.685. The number of hydrogen-bond acceptors (Lipinski definition) is 0. The maximum atomic E-state index is 14.0. The molecule has 0 unspecified atom stereocenters. The van der Waals surface area contributed by atoms with E-state index in [0.29, 0.717) is 22.6 Å². The fourth-order valence-electron chi connectivity index (χ4n) is 2.50. The molecule has 1 rings (SSSR count). The molecule has 0 fully saturated rings. The minimum Gasteiger partial charge on any atom is -0.195 e. The zero-order valence-corrected chi connectivity index (χ0v) is 19.9. The van der Waals surface area contributed by atoms with Crippen LogP contribution in [-0.4, -0.2) is 59.5 Å². The van der Waals surface area contributed by atoms with Crippen molar-refractivity contribution in [2.24, 2.45) is 0 Å². The van der Waals surface area contributed by atoms with Crippen molar-refractivity contribution in [3.05, 3.63) is 42.0 Å². The van der Waals surface area contributed by atoms with Crippen molar-refractivity contribution in [3.63, 3.8) is 0 Å². The van der Waals surface area contributed by atoms with E-state index in [9.17, 15) is 92.2 Å². The molecule has 0 heterocycles. The molecule has 0 radical (unpaired) electrons. The third-order valence-corrected chi connectivity index (χ3v) is 5.83. The van der Waals surface area contributed by atoms with Crippen molar-refractivity contribution in [2.45, 2.75) is 59.5 Å². The summed E-state index contributed by atoms with van der Waals surface area (Å²) in [6.45, 7) is 0. The zero-order valence-electron chi connectivity index (χ0n) is 17.8. The second-order valence-electron chi connectivity index (χ2n) is 7.57. The highest BCUT2D eigenvalue weighted by Crippen LogP contribution is 2.66. The summed E-state index contributed by atoms with van der Waals surface area (Å²) in [6, 6.07) is 4.77. The maximum Gasteiger partial charge on any atom is 0.460 e. The Bertz CT molecular complexity index is 1080. The fraction of sp³-hybridized carbons (Fsp3) is 0.556. The van der Waals surface area contributed by atoms with E-state index >= 15 is 0 Å². The first-order chi connectivity index (χ1) is 17.2. The van der Waals surface area contributed by atoms with Gasteiger partial charge in [0, 0.05) is 9.66 Å². The Kier molecular flexibility index (Phi) is 8.97. The molecule has 0 saturated heterocycles. The molecular formula is C18H6F21I. The SMILES string of the molecule is FC(F)(F)C(F)(F)C(F)(F)C(F)(F)C(F)(F)C(F)(F)C(F)(F)C(F)(F)C(F)(F)C(F)(F)/C=C(/I)c1ccccc1. The standard InChI is InChI=1S/C18H6F21I/c19-9(20,6-8(40)7-4-2-1-3-5-7)10(21,22)11(23,24)12(25,26)13(27,28)14(29,30)15(31,32)16(33,34)17(35,36)18(37,38)39/h1-6H/b8-6+. The third kappa shape index (κ3) is 4.85. The molecule has 0 aliphatic carbocycles. The van der Waals surface area contributed by atoms with Crippen LogP contribution in [0.1, 0.15) is 5.56 Å². The van der Waals surface area contributed by atoms with Gasteiger partial charge in [-0.1, -0.05) is 30.3 Å². The average molecular weight is 748 g/mol. The largest absolute Gasteiger partial charge is 0.460 e. The molecule has 0 saturated carbocycles. The Morgan fingerprint density at radius 1 is 0.425 bits per heavy atom. The maximum absolute atomic E-state index is 14.0. The van der Waals surface area contributed by atoms with E-state index in [2.05, 4.69) is 0 Å². The van der Waals surface area contributed by atoms with Crippen LogP contribution in [-0.2, 0) is 0 Å². The van der Waals surface area contributed by atoms with Crippen molar-refractivity contribution in [1.82, 2.24) is 0 Å². The quantitative estimate of drug-likeness (QED) is 0.165. The Morgan fingerprint density at radius 2 is 0.700 bits per heavy atom. The fourth-order valence-corrected chi connectivity index (χ4v) is 3.25. The summed E-state index contributed by atoms with van der Waals surface area (Å²) in [6.07, 6.45) is -9.30. The number of benzene rings is 1. The van der Waals surface area contributed by atoms with Crippen LogP contribution in [0, 0.1) is 0 Å². The molecule has 0 amide bonds. The van der Waals surface area contributed by atoms with Crippen LogP contribution in [0.4, 0.5) is 92.2 Å². The van der Waals surface area contributed by atoms with E-state index in [-0.39, 0.29) is 0 Å². The summed E-state index contributed by atoms with van der Waals surface area (Å²) < 4.78 is 279. The molecule has 1 aromatic carbocycles. The van der Waals surface area contributed by atoms with Gasteiger partial charge in [-0.2, -0.15) is 92.2 Å². The van der Waals surface area contributed by atoms with Gasteiger partial charge in [0.25, 0.3) is 0 Å². The molecule has 22 heteroatoms. The lowest BCUT2D eigenvalue weighted by Crippen LogP contribution is -2.76. The molecule has 40 heavy (non-hydrogen) atoms.